The van der Waals surface area contributed by atoms with Crippen molar-refractivity contribution in [1.82, 2.24) is 15.1 Å². The fraction of sp³-hybridized carbons (Fsp3) is 0.516. The summed E-state index contributed by atoms with van der Waals surface area (Å²) in [5.41, 5.74) is 1.20. The van der Waals surface area contributed by atoms with E-state index in [0.29, 0.717) is 29.4 Å². The van der Waals surface area contributed by atoms with E-state index < -0.39 is 12.1 Å². The van der Waals surface area contributed by atoms with Crippen LogP contribution in [0, 0.1) is 5.92 Å². The van der Waals surface area contributed by atoms with Gasteiger partial charge in [-0.2, -0.15) is 0 Å². The van der Waals surface area contributed by atoms with Crippen LogP contribution in [0.15, 0.2) is 36.4 Å². The lowest BCUT2D eigenvalue weighted by Gasteiger charge is -2.38. The SMILES string of the molecule is C[C@H]1CN([C@@H](C)CO)C(=O)c2cccc(NC(=O)NC3CCCCC3)c2O[C@H]1CN(C)C(=O)Nc1ccc2c(c1)OCO2. The summed E-state index contributed by atoms with van der Waals surface area (Å²) in [5, 5.41) is 18.8. The van der Waals surface area contributed by atoms with Crippen molar-refractivity contribution in [1.29, 1.82) is 0 Å². The highest BCUT2D eigenvalue weighted by molar-refractivity contribution is 6.01. The van der Waals surface area contributed by atoms with Gasteiger partial charge in [0.05, 0.1) is 30.4 Å². The molecule has 0 saturated heterocycles. The molecule has 2 aromatic rings. The van der Waals surface area contributed by atoms with Crippen molar-refractivity contribution in [2.45, 2.75) is 64.1 Å². The molecule has 2 heterocycles. The second-order valence-corrected chi connectivity index (χ2v) is 11.6. The van der Waals surface area contributed by atoms with Crippen molar-refractivity contribution in [3.8, 4) is 17.2 Å². The number of nitrogens with one attached hydrogen (secondary N) is 3. The number of urea groups is 2. The van der Waals surface area contributed by atoms with Crippen molar-refractivity contribution in [3.05, 3.63) is 42.0 Å². The molecule has 4 N–H and O–H groups in total. The zero-order valence-corrected chi connectivity index (χ0v) is 24.9. The number of likely N-dealkylation sites (N-methyl/N-ethyl adjacent to an activating group) is 1. The largest absolute Gasteiger partial charge is 0.485 e. The summed E-state index contributed by atoms with van der Waals surface area (Å²) in [7, 11) is 1.67. The Morgan fingerprint density at radius 1 is 1.09 bits per heavy atom. The molecule has 2 aliphatic heterocycles. The van der Waals surface area contributed by atoms with Gasteiger partial charge in [0.2, 0.25) is 6.79 Å². The van der Waals surface area contributed by atoms with Gasteiger partial charge >= 0.3 is 12.1 Å². The number of fused-ring (bicyclic) bond motifs is 2. The number of para-hydroxylation sites is 1. The zero-order valence-electron chi connectivity index (χ0n) is 24.9. The smallest absolute Gasteiger partial charge is 0.321 e. The monoisotopic (exact) mass is 595 g/mol. The number of aliphatic hydroxyl groups excluding tert-OH is 1. The van der Waals surface area contributed by atoms with Gasteiger partial charge in [0.1, 0.15) is 6.10 Å². The van der Waals surface area contributed by atoms with Gasteiger partial charge in [-0.15, -0.1) is 0 Å². The fourth-order valence-corrected chi connectivity index (χ4v) is 5.70. The Kier molecular flexibility index (Phi) is 9.44. The topological polar surface area (TPSA) is 142 Å². The van der Waals surface area contributed by atoms with E-state index in [2.05, 4.69) is 16.0 Å². The average molecular weight is 596 g/mol. The zero-order chi connectivity index (χ0) is 30.5. The molecule has 0 unspecified atom stereocenters. The van der Waals surface area contributed by atoms with Crippen LogP contribution in [0.1, 0.15) is 56.3 Å². The second kappa shape index (κ2) is 13.4. The predicted octanol–water partition coefficient (Wildman–Crippen LogP) is 4.25. The van der Waals surface area contributed by atoms with Crippen LogP contribution in [-0.4, -0.2) is 84.6 Å². The Balaban J connectivity index is 1.36. The summed E-state index contributed by atoms with van der Waals surface area (Å²) in [5.74, 6) is 0.893. The number of anilines is 2. The third-order valence-electron chi connectivity index (χ3n) is 8.30. The number of aliphatic hydroxyl groups is 1. The van der Waals surface area contributed by atoms with E-state index in [1.165, 1.54) is 11.3 Å². The number of benzene rings is 2. The van der Waals surface area contributed by atoms with Gasteiger partial charge in [-0.1, -0.05) is 32.3 Å². The third kappa shape index (κ3) is 7.07. The van der Waals surface area contributed by atoms with E-state index >= 15 is 0 Å². The summed E-state index contributed by atoms with van der Waals surface area (Å²) in [4.78, 5) is 43.0. The number of nitrogens with zero attached hydrogens (tertiary/aromatic N) is 2. The number of ether oxygens (including phenoxy) is 3. The summed E-state index contributed by atoms with van der Waals surface area (Å²) < 4.78 is 17.3. The minimum atomic E-state index is -0.544. The Labute approximate surface area is 251 Å². The first kappa shape index (κ1) is 30.3. The van der Waals surface area contributed by atoms with Crippen LogP contribution in [0.4, 0.5) is 21.0 Å². The molecule has 1 fully saturated rings. The second-order valence-electron chi connectivity index (χ2n) is 11.6. The molecule has 0 spiro atoms. The van der Waals surface area contributed by atoms with E-state index in [1.54, 1.807) is 55.3 Å². The van der Waals surface area contributed by atoms with E-state index in [4.69, 9.17) is 14.2 Å². The van der Waals surface area contributed by atoms with E-state index in [-0.39, 0.29) is 61.2 Å². The standard InChI is InChI=1S/C31H41N5O7/c1-19-15-36(20(2)17-37)29(38)23-10-7-11-24(34-30(39)32-21-8-5-4-6-9-21)28(23)43-27(19)16-35(3)31(40)33-22-12-13-25-26(14-22)42-18-41-25/h7,10-14,19-21,27,37H,4-6,8-9,15-18H2,1-3H3,(H,33,40)(H2,32,34,39)/t19-,20-,27-/m0/s1. The molecule has 5 amide bonds. The van der Waals surface area contributed by atoms with E-state index in [1.807, 2.05) is 6.92 Å². The summed E-state index contributed by atoms with van der Waals surface area (Å²) >= 11 is 0. The minimum absolute atomic E-state index is 0.104. The van der Waals surface area contributed by atoms with Crippen LogP contribution in [-0.2, 0) is 0 Å². The minimum Gasteiger partial charge on any atom is -0.485 e. The predicted molar refractivity (Wildman–Crippen MR) is 161 cm³/mol. The first-order chi connectivity index (χ1) is 20.7. The van der Waals surface area contributed by atoms with Gasteiger partial charge in [0.15, 0.2) is 17.2 Å². The van der Waals surface area contributed by atoms with Crippen molar-refractivity contribution in [2.75, 3.05) is 44.2 Å². The van der Waals surface area contributed by atoms with Crippen LogP contribution in [0.2, 0.25) is 0 Å². The summed E-state index contributed by atoms with van der Waals surface area (Å²) in [6.45, 7) is 4.15. The van der Waals surface area contributed by atoms with Crippen LogP contribution in [0.25, 0.3) is 0 Å². The molecule has 0 radical (unpaired) electrons. The molecule has 1 saturated carbocycles. The van der Waals surface area contributed by atoms with Gasteiger partial charge in [-0.05, 0) is 44.0 Å². The lowest BCUT2D eigenvalue weighted by Crippen LogP contribution is -2.50. The quantitative estimate of drug-likeness (QED) is 0.375. The Morgan fingerprint density at radius 2 is 1.86 bits per heavy atom. The number of hydrogen-bond donors (Lipinski definition) is 4. The maximum absolute atomic E-state index is 13.7. The molecule has 43 heavy (non-hydrogen) atoms. The number of carbonyl (C=O) groups excluding carboxylic acids is 3. The van der Waals surface area contributed by atoms with Crippen LogP contribution in [0.5, 0.6) is 17.2 Å². The van der Waals surface area contributed by atoms with Crippen LogP contribution >= 0.6 is 0 Å². The first-order valence-electron chi connectivity index (χ1n) is 14.9. The Hall–Kier alpha value is -4.19. The molecule has 0 bridgehead atoms. The molecule has 1 aliphatic carbocycles. The molecule has 12 heteroatoms. The number of rotatable bonds is 7. The van der Waals surface area contributed by atoms with E-state index in [0.717, 1.165) is 25.7 Å². The Morgan fingerprint density at radius 3 is 2.63 bits per heavy atom. The molecule has 3 atom stereocenters. The maximum Gasteiger partial charge on any atom is 0.321 e. The highest BCUT2D eigenvalue weighted by Gasteiger charge is 2.35. The average Bonchev–Trinajstić information content (AvgIpc) is 3.47. The van der Waals surface area contributed by atoms with Crippen LogP contribution < -0.4 is 30.2 Å². The summed E-state index contributed by atoms with van der Waals surface area (Å²) in [6, 6.07) is 9.18. The lowest BCUT2D eigenvalue weighted by atomic mass is 9.96. The normalized spacial score (nSPS) is 20.7. The van der Waals surface area contributed by atoms with Crippen molar-refractivity contribution in [2.24, 2.45) is 5.92 Å². The highest BCUT2D eigenvalue weighted by atomic mass is 16.7. The number of carbonyl (C=O) groups is 3. The van der Waals surface area contributed by atoms with Crippen molar-refractivity contribution in [3.63, 3.8) is 0 Å². The lowest BCUT2D eigenvalue weighted by molar-refractivity contribution is 0.0373. The molecule has 0 aromatic heterocycles. The van der Waals surface area contributed by atoms with Crippen molar-refractivity contribution >= 4 is 29.3 Å². The Bertz CT molecular complexity index is 1330. The first-order valence-corrected chi connectivity index (χ1v) is 14.9. The molecule has 3 aliphatic rings. The highest BCUT2D eigenvalue weighted by Crippen LogP contribution is 2.36. The molecular weight excluding hydrogens is 554 g/mol. The number of hydrogen-bond acceptors (Lipinski definition) is 7. The van der Waals surface area contributed by atoms with Crippen LogP contribution in [0.3, 0.4) is 0 Å². The molecule has 5 rings (SSSR count). The van der Waals surface area contributed by atoms with Gasteiger partial charge < -0.3 is 45.1 Å². The van der Waals surface area contributed by atoms with E-state index in [9.17, 15) is 19.5 Å². The maximum atomic E-state index is 13.7. The molecule has 2 aromatic carbocycles. The van der Waals surface area contributed by atoms with Gasteiger partial charge in [0.25, 0.3) is 5.91 Å². The van der Waals surface area contributed by atoms with Gasteiger partial charge in [-0.25, -0.2) is 9.59 Å². The molecule has 232 valence electrons. The molecular formula is C31H41N5O7. The number of amides is 5. The van der Waals surface area contributed by atoms with Gasteiger partial charge in [-0.3, -0.25) is 4.79 Å². The third-order valence-corrected chi connectivity index (χ3v) is 8.30. The fourth-order valence-electron chi connectivity index (χ4n) is 5.70. The van der Waals surface area contributed by atoms with Crippen molar-refractivity contribution < 1.29 is 33.7 Å². The van der Waals surface area contributed by atoms with Gasteiger partial charge in [0, 0.05) is 37.3 Å². The molecule has 12 nitrogen and oxygen atoms in total. The summed E-state index contributed by atoms with van der Waals surface area (Å²) in [6.07, 6.45) is 4.66.